The second kappa shape index (κ2) is 8.39. The molecule has 0 heterocycles. The summed E-state index contributed by atoms with van der Waals surface area (Å²) in [5, 5.41) is 3.14. The van der Waals surface area contributed by atoms with Gasteiger partial charge >= 0.3 is 0 Å². The predicted octanol–water partition coefficient (Wildman–Crippen LogP) is 3.76. The van der Waals surface area contributed by atoms with Crippen LogP contribution >= 0.6 is 0 Å². The predicted molar refractivity (Wildman–Crippen MR) is 95.4 cm³/mol. The van der Waals surface area contributed by atoms with Gasteiger partial charge in [-0.1, -0.05) is 38.1 Å². The third-order valence-corrected chi connectivity index (χ3v) is 3.96. The summed E-state index contributed by atoms with van der Waals surface area (Å²) in [6.45, 7) is 3.79. The van der Waals surface area contributed by atoms with E-state index >= 15 is 0 Å². The lowest BCUT2D eigenvalue weighted by Gasteiger charge is -2.21. The van der Waals surface area contributed by atoms with Gasteiger partial charge in [0.25, 0.3) is 0 Å². The summed E-state index contributed by atoms with van der Waals surface area (Å²) in [4.78, 5) is 12.2. The molecule has 0 unspecified atom stereocenters. The number of amides is 1. The Balaban J connectivity index is 2.21. The van der Waals surface area contributed by atoms with Crippen molar-refractivity contribution in [3.63, 3.8) is 0 Å². The number of carbonyl (C=O) groups excluding carboxylic acids is 1. The Kier molecular flexibility index (Phi) is 6.24. The minimum Gasteiger partial charge on any atom is -0.497 e. The maximum Gasteiger partial charge on any atom is 0.223 e. The second-order valence-corrected chi connectivity index (χ2v) is 6.04. The summed E-state index contributed by atoms with van der Waals surface area (Å²) in [6.07, 6.45) is 0.717. The van der Waals surface area contributed by atoms with Crippen LogP contribution in [0.3, 0.4) is 0 Å². The van der Waals surface area contributed by atoms with Crippen LogP contribution in [0, 0.1) is 5.92 Å². The minimum atomic E-state index is -0.0841. The van der Waals surface area contributed by atoms with E-state index in [1.165, 1.54) is 0 Å². The molecule has 0 aromatic heterocycles. The first-order valence-corrected chi connectivity index (χ1v) is 8.10. The van der Waals surface area contributed by atoms with Crippen LogP contribution in [0.2, 0.25) is 0 Å². The zero-order valence-corrected chi connectivity index (χ0v) is 14.7. The molecule has 2 rings (SSSR count). The van der Waals surface area contributed by atoms with Gasteiger partial charge in [-0.2, -0.15) is 0 Å². The monoisotopic (exact) mass is 327 g/mol. The van der Waals surface area contributed by atoms with E-state index in [9.17, 15) is 4.79 Å². The molecule has 1 atom stereocenters. The van der Waals surface area contributed by atoms with Gasteiger partial charge in [-0.3, -0.25) is 4.79 Å². The molecule has 0 fully saturated rings. The van der Waals surface area contributed by atoms with Crippen molar-refractivity contribution in [2.24, 2.45) is 5.92 Å². The van der Waals surface area contributed by atoms with Gasteiger partial charge in [0.1, 0.15) is 11.5 Å². The van der Waals surface area contributed by atoms with Gasteiger partial charge in [0.05, 0.1) is 20.3 Å². The van der Waals surface area contributed by atoms with Crippen LogP contribution in [0.25, 0.3) is 0 Å². The Morgan fingerprint density at radius 2 is 1.42 bits per heavy atom. The molecule has 0 saturated carbocycles. The molecule has 1 N–H and O–H groups in total. The lowest BCUT2D eigenvalue weighted by atomic mass is 9.98. The van der Waals surface area contributed by atoms with Gasteiger partial charge in [0.15, 0.2) is 0 Å². The highest BCUT2D eigenvalue weighted by atomic mass is 16.5. The molecule has 2 aromatic carbocycles. The van der Waals surface area contributed by atoms with Gasteiger partial charge in [-0.15, -0.1) is 0 Å². The van der Waals surface area contributed by atoms with Crippen LogP contribution in [0.5, 0.6) is 11.5 Å². The van der Waals surface area contributed by atoms with Crippen molar-refractivity contribution in [1.29, 1.82) is 0 Å². The fourth-order valence-corrected chi connectivity index (χ4v) is 2.42. The largest absolute Gasteiger partial charge is 0.497 e. The highest BCUT2D eigenvalue weighted by molar-refractivity contribution is 5.78. The van der Waals surface area contributed by atoms with Gasteiger partial charge in [0.2, 0.25) is 5.91 Å². The van der Waals surface area contributed by atoms with Gasteiger partial charge in [0, 0.05) is 5.92 Å². The van der Waals surface area contributed by atoms with Crippen LogP contribution in [0.1, 0.15) is 31.0 Å². The average molecular weight is 327 g/mol. The van der Waals surface area contributed by atoms with Crippen LogP contribution in [-0.2, 0) is 11.2 Å². The van der Waals surface area contributed by atoms with E-state index in [0.717, 1.165) is 29.0 Å². The Morgan fingerprint density at radius 3 is 1.88 bits per heavy atom. The molecule has 2 aromatic rings. The molecule has 0 aliphatic carbocycles. The summed E-state index contributed by atoms with van der Waals surface area (Å²) >= 11 is 0. The molecular weight excluding hydrogens is 302 g/mol. The number of hydrogen-bond donors (Lipinski definition) is 1. The zero-order valence-electron chi connectivity index (χ0n) is 14.7. The number of ether oxygens (including phenoxy) is 2. The van der Waals surface area contributed by atoms with E-state index in [1.54, 1.807) is 14.2 Å². The molecule has 0 aliphatic rings. The van der Waals surface area contributed by atoms with Gasteiger partial charge < -0.3 is 14.8 Å². The first-order chi connectivity index (χ1) is 11.5. The van der Waals surface area contributed by atoms with E-state index in [1.807, 2.05) is 62.4 Å². The molecule has 0 saturated heterocycles. The highest BCUT2D eigenvalue weighted by Crippen LogP contribution is 2.23. The molecule has 0 spiro atoms. The fourth-order valence-electron chi connectivity index (χ4n) is 2.42. The Morgan fingerprint density at radius 1 is 0.917 bits per heavy atom. The SMILES string of the molecule is COc1ccc(C[C@H](NC(=O)C(C)C)c2ccc(OC)cc2)cc1. The zero-order chi connectivity index (χ0) is 17.5. The third-order valence-electron chi connectivity index (χ3n) is 3.96. The first-order valence-electron chi connectivity index (χ1n) is 8.10. The van der Waals surface area contributed by atoms with Crippen LogP contribution < -0.4 is 14.8 Å². The Bertz CT molecular complexity index is 648. The second-order valence-electron chi connectivity index (χ2n) is 6.04. The van der Waals surface area contributed by atoms with E-state index in [4.69, 9.17) is 9.47 Å². The molecule has 0 aliphatic heterocycles. The van der Waals surface area contributed by atoms with Crippen LogP contribution in [0.4, 0.5) is 0 Å². The number of rotatable bonds is 7. The summed E-state index contributed by atoms with van der Waals surface area (Å²) in [6, 6.07) is 15.7. The van der Waals surface area contributed by atoms with Gasteiger partial charge in [-0.25, -0.2) is 0 Å². The summed E-state index contributed by atoms with van der Waals surface area (Å²) in [5.41, 5.74) is 2.20. The maximum absolute atomic E-state index is 12.2. The van der Waals surface area contributed by atoms with E-state index in [0.29, 0.717) is 0 Å². The number of carbonyl (C=O) groups is 1. The Hall–Kier alpha value is -2.49. The topological polar surface area (TPSA) is 47.6 Å². The van der Waals surface area contributed by atoms with Crippen LogP contribution in [0.15, 0.2) is 48.5 Å². The summed E-state index contributed by atoms with van der Waals surface area (Å²) in [7, 11) is 3.29. The van der Waals surface area contributed by atoms with Gasteiger partial charge in [-0.05, 0) is 41.8 Å². The third kappa shape index (κ3) is 4.75. The molecule has 4 heteroatoms. The van der Waals surface area contributed by atoms with Crippen molar-refractivity contribution in [1.82, 2.24) is 5.32 Å². The van der Waals surface area contributed by atoms with E-state index in [2.05, 4.69) is 5.32 Å². The first kappa shape index (κ1) is 17.9. The smallest absolute Gasteiger partial charge is 0.223 e. The molecule has 128 valence electrons. The maximum atomic E-state index is 12.2. The van der Waals surface area contributed by atoms with Crippen molar-refractivity contribution >= 4 is 5.91 Å². The quantitative estimate of drug-likeness (QED) is 0.842. The normalized spacial score (nSPS) is 11.9. The molecular formula is C20H25NO3. The number of hydrogen-bond acceptors (Lipinski definition) is 3. The summed E-state index contributed by atoms with van der Waals surface area (Å²) < 4.78 is 10.4. The Labute approximate surface area is 143 Å². The number of nitrogens with one attached hydrogen (secondary N) is 1. The molecule has 1 amide bonds. The molecule has 0 bridgehead atoms. The molecule has 24 heavy (non-hydrogen) atoms. The van der Waals surface area contributed by atoms with Crippen molar-refractivity contribution in [3.8, 4) is 11.5 Å². The van der Waals surface area contributed by atoms with E-state index < -0.39 is 0 Å². The fraction of sp³-hybridized carbons (Fsp3) is 0.350. The van der Waals surface area contributed by atoms with Crippen molar-refractivity contribution in [2.45, 2.75) is 26.3 Å². The highest BCUT2D eigenvalue weighted by Gasteiger charge is 2.17. The average Bonchev–Trinajstić information content (AvgIpc) is 2.61. The summed E-state index contributed by atoms with van der Waals surface area (Å²) in [5.74, 6) is 1.62. The lowest BCUT2D eigenvalue weighted by molar-refractivity contribution is -0.124. The van der Waals surface area contributed by atoms with E-state index in [-0.39, 0.29) is 17.9 Å². The minimum absolute atomic E-state index is 0.0457. The van der Waals surface area contributed by atoms with Crippen LogP contribution in [-0.4, -0.2) is 20.1 Å². The number of methoxy groups -OCH3 is 2. The van der Waals surface area contributed by atoms with Crippen molar-refractivity contribution < 1.29 is 14.3 Å². The lowest BCUT2D eigenvalue weighted by Crippen LogP contribution is -2.33. The number of benzene rings is 2. The molecule has 4 nitrogen and oxygen atoms in total. The standard InChI is InChI=1S/C20H25NO3/c1-14(2)20(22)21-19(16-7-11-18(24-4)12-8-16)13-15-5-9-17(23-3)10-6-15/h5-12,14,19H,13H2,1-4H3,(H,21,22)/t19-/m0/s1. The molecule has 0 radical (unpaired) electrons. The van der Waals surface area contributed by atoms with Crippen molar-refractivity contribution in [2.75, 3.05) is 14.2 Å². The van der Waals surface area contributed by atoms with Crippen molar-refractivity contribution in [3.05, 3.63) is 59.7 Å².